The Morgan fingerprint density at radius 1 is 1.05 bits per heavy atom. The molecule has 0 bridgehead atoms. The van der Waals surface area contributed by atoms with E-state index in [1.807, 2.05) is 0 Å². The van der Waals surface area contributed by atoms with Crippen LogP contribution in [-0.2, 0) is 42.9 Å². The Morgan fingerprint density at radius 2 is 1.68 bits per heavy atom. The molecule has 2 aliphatic heterocycles. The molecule has 222 valence electrons. The molecule has 11 unspecified atom stereocenters. The minimum absolute atomic E-state index is 0.0588. The highest BCUT2D eigenvalue weighted by molar-refractivity contribution is 5.89. The number of aliphatic hydroxyl groups excluding tert-OH is 2. The van der Waals surface area contributed by atoms with E-state index in [0.29, 0.717) is 6.42 Å². The van der Waals surface area contributed by atoms with Crippen molar-refractivity contribution >= 4 is 23.9 Å². The first-order chi connectivity index (χ1) is 18.5. The number of epoxide rings is 1. The highest BCUT2D eigenvalue weighted by atomic mass is 16.7. The second-order valence-corrected chi connectivity index (χ2v) is 11.7. The van der Waals surface area contributed by atoms with Crippen LogP contribution in [0.15, 0.2) is 23.8 Å². The van der Waals surface area contributed by atoms with Gasteiger partial charge >= 0.3 is 23.9 Å². The van der Waals surface area contributed by atoms with Gasteiger partial charge in [-0.1, -0.05) is 19.9 Å². The monoisotopic (exact) mass is 566 g/mol. The van der Waals surface area contributed by atoms with Crippen LogP contribution in [0.4, 0.5) is 0 Å². The van der Waals surface area contributed by atoms with E-state index in [0.717, 1.165) is 13.8 Å². The summed E-state index contributed by atoms with van der Waals surface area (Å²) in [5.74, 6) is -4.18. The standard InChI is InChI=1S/C28H38O12/c1-8-9-18(31)39-20-13(2)12-17-28(27(7,40-28)24(34)38-17)23(37-15(4)30)21-25(5,22(33)19(20)32)11-10-16(26(21,6)35)36-14(3)29/h10-12,16-17,19-23,32-33,35H,8-9H2,1-7H3. The van der Waals surface area contributed by atoms with Crippen LogP contribution < -0.4 is 0 Å². The second-order valence-electron chi connectivity index (χ2n) is 11.7. The van der Waals surface area contributed by atoms with Crippen molar-refractivity contribution < 1.29 is 58.2 Å². The number of rotatable bonds is 5. The highest BCUT2D eigenvalue weighted by Gasteiger charge is 2.87. The van der Waals surface area contributed by atoms with Crippen LogP contribution in [0.3, 0.4) is 0 Å². The van der Waals surface area contributed by atoms with Gasteiger partial charge in [0.25, 0.3) is 0 Å². The van der Waals surface area contributed by atoms with Crippen LogP contribution in [0, 0.1) is 11.3 Å². The highest BCUT2D eigenvalue weighted by Crippen LogP contribution is 2.65. The van der Waals surface area contributed by atoms with Gasteiger partial charge < -0.3 is 39.0 Å². The molecule has 0 amide bonds. The van der Waals surface area contributed by atoms with E-state index in [4.69, 9.17) is 23.7 Å². The van der Waals surface area contributed by atoms with Crippen molar-refractivity contribution in [1.29, 1.82) is 0 Å². The fourth-order valence-corrected chi connectivity index (χ4v) is 6.75. The molecule has 4 aliphatic rings. The fraction of sp³-hybridized carbons (Fsp3) is 0.714. The molecule has 0 saturated carbocycles. The number of hydrogen-bond acceptors (Lipinski definition) is 12. The van der Waals surface area contributed by atoms with Crippen molar-refractivity contribution in [3.8, 4) is 0 Å². The van der Waals surface area contributed by atoms with Gasteiger partial charge in [-0.25, -0.2) is 4.79 Å². The van der Waals surface area contributed by atoms with Crippen molar-refractivity contribution in [3.63, 3.8) is 0 Å². The lowest BCUT2D eigenvalue weighted by Gasteiger charge is -2.55. The van der Waals surface area contributed by atoms with E-state index < -0.39 is 88.6 Å². The number of esters is 4. The average Bonchev–Trinajstić information content (AvgIpc) is 3.43. The minimum atomic E-state index is -2.04. The second kappa shape index (κ2) is 9.93. The van der Waals surface area contributed by atoms with Crippen LogP contribution in [-0.4, -0.2) is 92.6 Å². The smallest absolute Gasteiger partial charge is 0.342 e. The summed E-state index contributed by atoms with van der Waals surface area (Å²) < 4.78 is 28.6. The Morgan fingerprint density at radius 3 is 2.23 bits per heavy atom. The zero-order valence-corrected chi connectivity index (χ0v) is 23.7. The van der Waals surface area contributed by atoms with Crippen LogP contribution in [0.2, 0.25) is 0 Å². The molecule has 0 aromatic heterocycles. The van der Waals surface area contributed by atoms with Crippen LogP contribution >= 0.6 is 0 Å². The number of aliphatic hydroxyl groups is 3. The maximum absolute atomic E-state index is 13.1. The van der Waals surface area contributed by atoms with Crippen LogP contribution in [0.25, 0.3) is 0 Å². The summed E-state index contributed by atoms with van der Waals surface area (Å²) in [7, 11) is 0. The molecule has 0 aromatic carbocycles. The van der Waals surface area contributed by atoms with Gasteiger partial charge in [0.2, 0.25) is 0 Å². The molecule has 3 N–H and O–H groups in total. The number of ether oxygens (including phenoxy) is 5. The summed E-state index contributed by atoms with van der Waals surface area (Å²) in [6.07, 6.45) is -3.90. The molecular weight excluding hydrogens is 528 g/mol. The first kappa shape index (κ1) is 30.2. The van der Waals surface area contributed by atoms with E-state index >= 15 is 0 Å². The zero-order chi connectivity index (χ0) is 30.0. The summed E-state index contributed by atoms with van der Waals surface area (Å²) >= 11 is 0. The van der Waals surface area contributed by atoms with Gasteiger partial charge in [0, 0.05) is 31.6 Å². The third-order valence-corrected chi connectivity index (χ3v) is 8.79. The minimum Gasteiger partial charge on any atom is -0.459 e. The molecule has 2 heterocycles. The van der Waals surface area contributed by atoms with E-state index in [-0.39, 0.29) is 12.0 Å². The zero-order valence-electron chi connectivity index (χ0n) is 23.7. The molecule has 40 heavy (non-hydrogen) atoms. The van der Waals surface area contributed by atoms with Gasteiger partial charge in [0.15, 0.2) is 23.4 Å². The molecule has 2 fully saturated rings. The molecule has 11 atom stereocenters. The SMILES string of the molecule is CCCC(=O)OC1C(C)=CC2OC(=O)C3(C)OC23C(OC(C)=O)C2C(C)(O)C(OC(C)=O)C=CC2(C)C(O)C1O. The van der Waals surface area contributed by atoms with Crippen molar-refractivity contribution in [1.82, 2.24) is 0 Å². The average molecular weight is 567 g/mol. The largest absolute Gasteiger partial charge is 0.459 e. The van der Waals surface area contributed by atoms with Gasteiger partial charge in [0.05, 0.1) is 6.10 Å². The summed E-state index contributed by atoms with van der Waals surface area (Å²) in [6, 6.07) is 0. The van der Waals surface area contributed by atoms with Crippen molar-refractivity contribution in [3.05, 3.63) is 23.8 Å². The Kier molecular flexibility index (Phi) is 7.49. The number of hydrogen-bond donors (Lipinski definition) is 3. The van der Waals surface area contributed by atoms with Gasteiger partial charge in [-0.05, 0) is 44.9 Å². The van der Waals surface area contributed by atoms with E-state index in [1.165, 1.54) is 39.0 Å². The van der Waals surface area contributed by atoms with Crippen LogP contribution in [0.1, 0.15) is 61.3 Å². The lowest BCUT2D eigenvalue weighted by molar-refractivity contribution is -0.225. The molecular formula is C28H38O12. The van der Waals surface area contributed by atoms with E-state index in [1.54, 1.807) is 13.8 Å². The van der Waals surface area contributed by atoms with Crippen LogP contribution in [0.5, 0.6) is 0 Å². The normalized spacial score (nSPS) is 45.6. The van der Waals surface area contributed by atoms with E-state index in [2.05, 4.69) is 0 Å². The third kappa shape index (κ3) is 4.36. The topological polar surface area (TPSA) is 178 Å². The van der Waals surface area contributed by atoms with Crippen molar-refractivity contribution in [2.45, 2.75) is 115 Å². The maximum Gasteiger partial charge on any atom is 0.342 e. The lowest BCUT2D eigenvalue weighted by atomic mass is 9.55. The summed E-state index contributed by atoms with van der Waals surface area (Å²) in [5.41, 5.74) is -6.66. The number of carbonyl (C=O) groups excluding carboxylic acids is 4. The summed E-state index contributed by atoms with van der Waals surface area (Å²) in [5, 5.41) is 35.3. The molecule has 12 nitrogen and oxygen atoms in total. The molecule has 1 spiro atoms. The number of fused-ring (bicyclic) bond motifs is 1. The Hall–Kier alpha value is -2.80. The van der Waals surface area contributed by atoms with Gasteiger partial charge in [-0.3, -0.25) is 14.4 Å². The molecule has 0 aromatic rings. The Labute approximate surface area is 232 Å². The first-order valence-electron chi connectivity index (χ1n) is 13.4. The first-order valence-corrected chi connectivity index (χ1v) is 13.4. The fourth-order valence-electron chi connectivity index (χ4n) is 6.75. The van der Waals surface area contributed by atoms with Gasteiger partial charge in [0.1, 0.15) is 23.9 Å². The molecule has 2 aliphatic carbocycles. The Balaban J connectivity index is 1.99. The quantitative estimate of drug-likeness (QED) is 0.183. The predicted octanol–water partition coefficient (Wildman–Crippen LogP) is 0.640. The molecule has 2 saturated heterocycles. The Bertz CT molecular complexity index is 1160. The molecule has 0 radical (unpaired) electrons. The molecule has 12 heteroatoms. The lowest BCUT2D eigenvalue weighted by Crippen LogP contribution is -2.68. The summed E-state index contributed by atoms with van der Waals surface area (Å²) in [6.45, 7) is 9.97. The maximum atomic E-state index is 13.1. The predicted molar refractivity (Wildman–Crippen MR) is 135 cm³/mol. The van der Waals surface area contributed by atoms with Crippen molar-refractivity contribution in [2.24, 2.45) is 11.3 Å². The number of carbonyl (C=O) groups is 4. The van der Waals surface area contributed by atoms with Crippen molar-refractivity contribution in [2.75, 3.05) is 0 Å². The van der Waals surface area contributed by atoms with E-state index in [9.17, 15) is 34.5 Å². The van der Waals surface area contributed by atoms with Gasteiger partial charge in [-0.15, -0.1) is 0 Å². The molecule has 4 rings (SSSR count). The third-order valence-electron chi connectivity index (χ3n) is 8.79. The summed E-state index contributed by atoms with van der Waals surface area (Å²) in [4.78, 5) is 50.1. The van der Waals surface area contributed by atoms with Gasteiger partial charge in [-0.2, -0.15) is 0 Å².